The number of likely N-dealkylation sites (N-methyl/N-ethyl adjacent to an activating group) is 1. The molecular formula is C11H23NO2. The van der Waals surface area contributed by atoms with Gasteiger partial charge in [-0.1, -0.05) is 26.7 Å². The Morgan fingerprint density at radius 3 is 2.57 bits per heavy atom. The number of rotatable bonds is 4. The van der Waals surface area contributed by atoms with Crippen molar-refractivity contribution < 1.29 is 9.84 Å². The smallest absolute Gasteiger partial charge is 0.0963 e. The Balaban J connectivity index is 2.45. The second-order valence-corrected chi connectivity index (χ2v) is 4.24. The maximum atomic E-state index is 10.1. The van der Waals surface area contributed by atoms with E-state index in [1.165, 1.54) is 0 Å². The molecule has 0 saturated carbocycles. The molecule has 3 heteroatoms. The van der Waals surface area contributed by atoms with E-state index in [1.54, 1.807) is 0 Å². The van der Waals surface area contributed by atoms with Gasteiger partial charge in [0, 0.05) is 13.1 Å². The van der Waals surface area contributed by atoms with E-state index >= 15 is 0 Å². The Hall–Kier alpha value is -0.120. The van der Waals surface area contributed by atoms with Gasteiger partial charge in [0.25, 0.3) is 0 Å². The molecule has 84 valence electrons. The first-order chi connectivity index (χ1) is 6.69. The van der Waals surface area contributed by atoms with Gasteiger partial charge in [-0.3, -0.25) is 0 Å². The van der Waals surface area contributed by atoms with Crippen molar-refractivity contribution in [3.63, 3.8) is 0 Å². The summed E-state index contributed by atoms with van der Waals surface area (Å²) in [6.07, 6.45) is 1.77. The van der Waals surface area contributed by atoms with Gasteiger partial charge in [0.15, 0.2) is 0 Å². The summed E-state index contributed by atoms with van der Waals surface area (Å²) >= 11 is 0. The van der Waals surface area contributed by atoms with Gasteiger partial charge in [-0.25, -0.2) is 0 Å². The first kappa shape index (κ1) is 12.0. The van der Waals surface area contributed by atoms with Gasteiger partial charge in [-0.05, 0) is 13.0 Å². The molecule has 1 aliphatic rings. The lowest BCUT2D eigenvalue weighted by Crippen LogP contribution is -2.48. The Labute approximate surface area is 87.1 Å². The molecule has 0 aromatic carbocycles. The van der Waals surface area contributed by atoms with Crippen molar-refractivity contribution in [3.8, 4) is 0 Å². The minimum Gasteiger partial charge on any atom is -0.390 e. The van der Waals surface area contributed by atoms with Crippen LogP contribution in [-0.4, -0.2) is 49.0 Å². The molecule has 1 aliphatic heterocycles. The standard InChI is InChI=1S/C11H23NO2/c1-4-9(5-2)11(13)10-8-12(3)6-7-14-10/h9-11,13H,4-8H2,1-3H3. The Kier molecular flexibility index (Phi) is 4.85. The molecule has 0 radical (unpaired) electrons. The van der Waals surface area contributed by atoms with E-state index in [-0.39, 0.29) is 12.2 Å². The predicted molar refractivity (Wildman–Crippen MR) is 57.3 cm³/mol. The van der Waals surface area contributed by atoms with E-state index in [2.05, 4.69) is 25.8 Å². The second-order valence-electron chi connectivity index (χ2n) is 4.24. The third kappa shape index (κ3) is 2.94. The Bertz CT molecular complexity index is 159. The monoisotopic (exact) mass is 201 g/mol. The summed E-state index contributed by atoms with van der Waals surface area (Å²) < 4.78 is 5.60. The largest absolute Gasteiger partial charge is 0.390 e. The van der Waals surface area contributed by atoms with Crippen molar-refractivity contribution in [1.82, 2.24) is 4.90 Å². The van der Waals surface area contributed by atoms with Crippen LogP contribution in [0.4, 0.5) is 0 Å². The van der Waals surface area contributed by atoms with Crippen LogP contribution >= 0.6 is 0 Å². The lowest BCUT2D eigenvalue weighted by molar-refractivity contribution is -0.102. The molecular weight excluding hydrogens is 178 g/mol. The summed E-state index contributed by atoms with van der Waals surface area (Å²) in [5.41, 5.74) is 0. The number of aliphatic hydroxyl groups is 1. The van der Waals surface area contributed by atoms with Gasteiger partial charge in [-0.2, -0.15) is 0 Å². The summed E-state index contributed by atoms with van der Waals surface area (Å²) in [5.74, 6) is 0.381. The number of aliphatic hydroxyl groups excluding tert-OH is 1. The average Bonchev–Trinajstić information content (AvgIpc) is 2.19. The molecule has 14 heavy (non-hydrogen) atoms. The molecule has 0 aromatic heterocycles. The van der Waals surface area contributed by atoms with Crippen molar-refractivity contribution in [1.29, 1.82) is 0 Å². The normalized spacial score (nSPS) is 26.8. The van der Waals surface area contributed by atoms with E-state index in [1.807, 2.05) is 0 Å². The van der Waals surface area contributed by atoms with Gasteiger partial charge in [0.05, 0.1) is 18.8 Å². The molecule has 2 unspecified atom stereocenters. The van der Waals surface area contributed by atoms with Crippen LogP contribution in [0.15, 0.2) is 0 Å². The van der Waals surface area contributed by atoms with Gasteiger partial charge in [0.1, 0.15) is 0 Å². The molecule has 1 N–H and O–H groups in total. The molecule has 1 fully saturated rings. The molecule has 0 spiro atoms. The van der Waals surface area contributed by atoms with Crippen molar-refractivity contribution in [2.75, 3.05) is 26.7 Å². The van der Waals surface area contributed by atoms with E-state index in [4.69, 9.17) is 4.74 Å². The fourth-order valence-corrected chi connectivity index (χ4v) is 2.09. The van der Waals surface area contributed by atoms with Gasteiger partial charge in [-0.15, -0.1) is 0 Å². The van der Waals surface area contributed by atoms with Crippen molar-refractivity contribution in [2.45, 2.75) is 38.9 Å². The van der Waals surface area contributed by atoms with Crippen LogP contribution < -0.4 is 0 Å². The zero-order valence-corrected chi connectivity index (χ0v) is 9.57. The molecule has 3 nitrogen and oxygen atoms in total. The highest BCUT2D eigenvalue weighted by atomic mass is 16.5. The number of ether oxygens (including phenoxy) is 1. The molecule has 0 aliphatic carbocycles. The van der Waals surface area contributed by atoms with Crippen LogP contribution in [0.2, 0.25) is 0 Å². The maximum Gasteiger partial charge on any atom is 0.0963 e. The summed E-state index contributed by atoms with van der Waals surface area (Å²) in [5, 5.41) is 10.1. The summed E-state index contributed by atoms with van der Waals surface area (Å²) in [6.45, 7) is 6.84. The molecule has 0 aromatic rings. The third-order valence-electron chi connectivity index (χ3n) is 3.21. The van der Waals surface area contributed by atoms with Crippen LogP contribution in [-0.2, 0) is 4.74 Å². The van der Waals surface area contributed by atoms with Crippen LogP contribution in [0, 0.1) is 5.92 Å². The number of hydrogen-bond donors (Lipinski definition) is 1. The highest BCUT2D eigenvalue weighted by Gasteiger charge is 2.29. The molecule has 1 rings (SSSR count). The quantitative estimate of drug-likeness (QED) is 0.739. The fourth-order valence-electron chi connectivity index (χ4n) is 2.09. The van der Waals surface area contributed by atoms with Crippen LogP contribution in [0.25, 0.3) is 0 Å². The first-order valence-corrected chi connectivity index (χ1v) is 5.67. The van der Waals surface area contributed by atoms with Crippen LogP contribution in [0.1, 0.15) is 26.7 Å². The Morgan fingerprint density at radius 2 is 2.07 bits per heavy atom. The van der Waals surface area contributed by atoms with Crippen molar-refractivity contribution >= 4 is 0 Å². The van der Waals surface area contributed by atoms with Crippen molar-refractivity contribution in [3.05, 3.63) is 0 Å². The van der Waals surface area contributed by atoms with Gasteiger partial charge >= 0.3 is 0 Å². The van der Waals surface area contributed by atoms with E-state index in [0.29, 0.717) is 5.92 Å². The van der Waals surface area contributed by atoms with Gasteiger partial charge in [0.2, 0.25) is 0 Å². The van der Waals surface area contributed by atoms with E-state index < -0.39 is 0 Å². The SMILES string of the molecule is CCC(CC)C(O)C1CN(C)CCO1. The first-order valence-electron chi connectivity index (χ1n) is 5.67. The summed E-state index contributed by atoms with van der Waals surface area (Å²) in [4.78, 5) is 2.22. The van der Waals surface area contributed by atoms with Crippen LogP contribution in [0.5, 0.6) is 0 Å². The van der Waals surface area contributed by atoms with Gasteiger partial charge < -0.3 is 14.7 Å². The maximum absolute atomic E-state index is 10.1. The number of nitrogens with zero attached hydrogens (tertiary/aromatic N) is 1. The number of morpholine rings is 1. The second kappa shape index (κ2) is 5.69. The average molecular weight is 201 g/mol. The topological polar surface area (TPSA) is 32.7 Å². The fraction of sp³-hybridized carbons (Fsp3) is 1.00. The molecule has 1 saturated heterocycles. The van der Waals surface area contributed by atoms with E-state index in [9.17, 15) is 5.11 Å². The van der Waals surface area contributed by atoms with Crippen molar-refractivity contribution in [2.24, 2.45) is 5.92 Å². The summed E-state index contributed by atoms with van der Waals surface area (Å²) in [7, 11) is 2.08. The summed E-state index contributed by atoms with van der Waals surface area (Å²) in [6, 6.07) is 0. The highest BCUT2D eigenvalue weighted by molar-refractivity contribution is 4.80. The number of hydrogen-bond acceptors (Lipinski definition) is 3. The molecule has 2 atom stereocenters. The highest BCUT2D eigenvalue weighted by Crippen LogP contribution is 2.19. The molecule has 1 heterocycles. The van der Waals surface area contributed by atoms with Crippen LogP contribution in [0.3, 0.4) is 0 Å². The zero-order chi connectivity index (χ0) is 10.6. The lowest BCUT2D eigenvalue weighted by atomic mass is 9.92. The zero-order valence-electron chi connectivity index (χ0n) is 9.57. The minimum atomic E-state index is -0.298. The molecule has 0 amide bonds. The van der Waals surface area contributed by atoms with E-state index in [0.717, 1.165) is 32.5 Å². The lowest BCUT2D eigenvalue weighted by Gasteiger charge is -2.35. The minimum absolute atomic E-state index is 0.0126. The predicted octanol–water partition coefficient (Wildman–Crippen LogP) is 1.11. The molecule has 0 bridgehead atoms. The third-order valence-corrected chi connectivity index (χ3v) is 3.21. The Morgan fingerprint density at radius 1 is 1.43 bits per heavy atom.